The Balaban J connectivity index is 2.67. The van der Waals surface area contributed by atoms with E-state index in [9.17, 15) is 22.8 Å². The van der Waals surface area contributed by atoms with Crippen molar-refractivity contribution in [3.63, 3.8) is 0 Å². The molecule has 8 heteroatoms. The van der Waals surface area contributed by atoms with E-state index in [0.717, 1.165) is 0 Å². The molecule has 1 heterocycles. The van der Waals surface area contributed by atoms with Crippen LogP contribution in [0.25, 0.3) is 0 Å². The average Bonchev–Trinajstić information content (AvgIpc) is 2.34. The van der Waals surface area contributed by atoms with Gasteiger partial charge in [0.2, 0.25) is 0 Å². The van der Waals surface area contributed by atoms with Crippen LogP contribution >= 0.6 is 0 Å². The van der Waals surface area contributed by atoms with Gasteiger partial charge in [0.05, 0.1) is 0 Å². The Kier molecular flexibility index (Phi) is 5.39. The summed E-state index contributed by atoms with van der Waals surface area (Å²) in [7, 11) is 0. The van der Waals surface area contributed by atoms with Crippen molar-refractivity contribution in [1.82, 2.24) is 0 Å². The Bertz CT molecular complexity index is 457. The summed E-state index contributed by atoms with van der Waals surface area (Å²) in [5.41, 5.74) is -1.31. The molecule has 22 heavy (non-hydrogen) atoms. The van der Waals surface area contributed by atoms with Crippen LogP contribution in [0, 0.1) is 0 Å². The molecule has 5 nitrogen and oxygen atoms in total. The molecule has 0 saturated carbocycles. The van der Waals surface area contributed by atoms with Gasteiger partial charge in [0.1, 0.15) is 18.8 Å². The number of esters is 2. The molecule has 0 spiro atoms. The third-order valence-corrected chi connectivity index (χ3v) is 2.94. The normalized spacial score (nSPS) is 19.8. The lowest BCUT2D eigenvalue weighted by Gasteiger charge is -2.46. The second kappa shape index (κ2) is 6.51. The summed E-state index contributed by atoms with van der Waals surface area (Å²) in [6, 6.07) is 0. The fraction of sp³-hybridized carbons (Fsp3) is 0.571. The molecule has 0 aromatic rings. The Morgan fingerprint density at radius 2 is 1.50 bits per heavy atom. The molecule has 1 rings (SSSR count). The quantitative estimate of drug-likeness (QED) is 0.555. The maximum absolute atomic E-state index is 12.5. The standard InChI is InChI=1S/C14H17F3O5/c1-8(2)11(18)20-6-13(7-21-12(19)9(3)4)5-10(22-13)14(15,16)17/h10H,1,3,5-7H2,2,4H3. The minimum absolute atomic E-state index is 0.0979. The van der Waals surface area contributed by atoms with E-state index < -0.39 is 49.5 Å². The molecular weight excluding hydrogens is 305 g/mol. The number of hydrogen-bond acceptors (Lipinski definition) is 5. The lowest BCUT2D eigenvalue weighted by molar-refractivity contribution is -0.336. The molecule has 124 valence electrons. The molecule has 1 saturated heterocycles. The Labute approximate surface area is 125 Å². The minimum Gasteiger partial charge on any atom is -0.459 e. The number of hydrogen-bond donors (Lipinski definition) is 0. The van der Waals surface area contributed by atoms with Gasteiger partial charge in [0.25, 0.3) is 0 Å². The predicted octanol–water partition coefficient (Wildman–Crippen LogP) is 2.32. The lowest BCUT2D eigenvalue weighted by atomic mass is 9.90. The predicted molar refractivity (Wildman–Crippen MR) is 69.8 cm³/mol. The fourth-order valence-corrected chi connectivity index (χ4v) is 1.68. The number of alkyl halides is 3. The maximum atomic E-state index is 12.5. The molecule has 0 radical (unpaired) electrons. The molecule has 1 aliphatic heterocycles. The van der Waals surface area contributed by atoms with Crippen molar-refractivity contribution in [2.75, 3.05) is 13.2 Å². The summed E-state index contributed by atoms with van der Waals surface area (Å²) >= 11 is 0. The van der Waals surface area contributed by atoms with Crippen LogP contribution in [0.2, 0.25) is 0 Å². The van der Waals surface area contributed by atoms with Gasteiger partial charge in [-0.3, -0.25) is 0 Å². The SMILES string of the molecule is C=C(C)C(=O)OCC1(COC(=O)C(=C)C)CC(C(F)(F)F)O1. The Morgan fingerprint density at radius 3 is 1.77 bits per heavy atom. The zero-order valence-corrected chi connectivity index (χ0v) is 12.3. The first-order chi connectivity index (χ1) is 9.97. The van der Waals surface area contributed by atoms with Crippen molar-refractivity contribution in [2.45, 2.75) is 38.1 Å². The van der Waals surface area contributed by atoms with Gasteiger partial charge in [0.15, 0.2) is 6.10 Å². The molecule has 1 unspecified atom stereocenters. The summed E-state index contributed by atoms with van der Waals surface area (Å²) < 4.78 is 52.0. The first-order valence-corrected chi connectivity index (χ1v) is 6.37. The first kappa shape index (κ1) is 18.2. The topological polar surface area (TPSA) is 61.8 Å². The smallest absolute Gasteiger partial charge is 0.414 e. The van der Waals surface area contributed by atoms with E-state index in [2.05, 4.69) is 13.2 Å². The van der Waals surface area contributed by atoms with E-state index in [-0.39, 0.29) is 11.1 Å². The second-order valence-corrected chi connectivity index (χ2v) is 5.25. The van der Waals surface area contributed by atoms with E-state index in [1.165, 1.54) is 13.8 Å². The van der Waals surface area contributed by atoms with Crippen LogP contribution < -0.4 is 0 Å². The van der Waals surface area contributed by atoms with Crippen molar-refractivity contribution in [1.29, 1.82) is 0 Å². The van der Waals surface area contributed by atoms with Gasteiger partial charge in [-0.25, -0.2) is 9.59 Å². The van der Waals surface area contributed by atoms with Crippen molar-refractivity contribution < 1.29 is 37.0 Å². The van der Waals surface area contributed by atoms with Gasteiger partial charge in [-0.05, 0) is 13.8 Å². The fourth-order valence-electron chi connectivity index (χ4n) is 1.68. The van der Waals surface area contributed by atoms with E-state index >= 15 is 0 Å². The summed E-state index contributed by atoms with van der Waals surface area (Å²) in [5.74, 6) is -1.52. The number of carbonyl (C=O) groups is 2. The van der Waals surface area contributed by atoms with Gasteiger partial charge in [-0.2, -0.15) is 13.2 Å². The Morgan fingerprint density at radius 1 is 1.14 bits per heavy atom. The zero-order chi connectivity index (χ0) is 17.1. The van der Waals surface area contributed by atoms with E-state index in [1.54, 1.807) is 0 Å². The van der Waals surface area contributed by atoms with Gasteiger partial charge in [-0.15, -0.1) is 0 Å². The highest BCUT2D eigenvalue weighted by molar-refractivity contribution is 5.87. The average molecular weight is 322 g/mol. The van der Waals surface area contributed by atoms with Gasteiger partial charge < -0.3 is 14.2 Å². The number of halogens is 3. The number of ether oxygens (including phenoxy) is 3. The van der Waals surface area contributed by atoms with Crippen molar-refractivity contribution >= 4 is 11.9 Å². The van der Waals surface area contributed by atoms with Crippen molar-refractivity contribution in [3.8, 4) is 0 Å². The van der Waals surface area contributed by atoms with Crippen LogP contribution in [-0.2, 0) is 23.8 Å². The van der Waals surface area contributed by atoms with Crippen molar-refractivity contribution in [3.05, 3.63) is 24.3 Å². The van der Waals surface area contributed by atoms with Crippen LogP contribution in [0.1, 0.15) is 20.3 Å². The van der Waals surface area contributed by atoms with Gasteiger partial charge in [-0.1, -0.05) is 13.2 Å². The van der Waals surface area contributed by atoms with Crippen LogP contribution in [0.3, 0.4) is 0 Å². The first-order valence-electron chi connectivity index (χ1n) is 6.37. The summed E-state index contributed by atoms with van der Waals surface area (Å²) in [6.07, 6.45) is -6.97. The van der Waals surface area contributed by atoms with Gasteiger partial charge in [0, 0.05) is 17.6 Å². The van der Waals surface area contributed by atoms with Crippen molar-refractivity contribution in [2.24, 2.45) is 0 Å². The van der Waals surface area contributed by atoms with Crippen LogP contribution in [0.15, 0.2) is 24.3 Å². The van der Waals surface area contributed by atoms with E-state index in [4.69, 9.17) is 14.2 Å². The molecular formula is C14H17F3O5. The van der Waals surface area contributed by atoms with E-state index in [1.807, 2.05) is 0 Å². The molecule has 0 N–H and O–H groups in total. The summed E-state index contributed by atoms with van der Waals surface area (Å²) in [6.45, 7) is 8.59. The third-order valence-electron chi connectivity index (χ3n) is 2.94. The minimum atomic E-state index is -4.53. The molecule has 1 fully saturated rings. The third kappa shape index (κ3) is 4.59. The molecule has 1 aliphatic rings. The van der Waals surface area contributed by atoms with E-state index in [0.29, 0.717) is 0 Å². The molecule has 0 amide bonds. The molecule has 0 aromatic heterocycles. The van der Waals surface area contributed by atoms with Gasteiger partial charge >= 0.3 is 18.1 Å². The molecule has 0 aliphatic carbocycles. The number of rotatable bonds is 6. The maximum Gasteiger partial charge on any atom is 0.414 e. The van der Waals surface area contributed by atoms with Crippen LogP contribution in [0.4, 0.5) is 13.2 Å². The highest BCUT2D eigenvalue weighted by Gasteiger charge is 2.58. The molecule has 0 bridgehead atoms. The highest BCUT2D eigenvalue weighted by atomic mass is 19.4. The highest BCUT2D eigenvalue weighted by Crippen LogP contribution is 2.42. The monoisotopic (exact) mass is 322 g/mol. The summed E-state index contributed by atoms with van der Waals surface area (Å²) in [5, 5.41) is 0. The lowest BCUT2D eigenvalue weighted by Crippen LogP contribution is -2.61. The molecule has 0 aromatic carbocycles. The zero-order valence-electron chi connectivity index (χ0n) is 12.3. The Hall–Kier alpha value is -1.83. The summed E-state index contributed by atoms with van der Waals surface area (Å²) in [4.78, 5) is 22.7. The van der Waals surface area contributed by atoms with Crippen LogP contribution in [0.5, 0.6) is 0 Å². The molecule has 1 atom stereocenters. The van der Waals surface area contributed by atoms with Crippen LogP contribution in [-0.4, -0.2) is 43.0 Å². The second-order valence-electron chi connectivity index (χ2n) is 5.25. The largest absolute Gasteiger partial charge is 0.459 e. The number of carbonyl (C=O) groups excluding carboxylic acids is 2.